The topological polar surface area (TPSA) is 38.3 Å². The Hall–Kier alpha value is -0.830. The standard InChI is InChI=1S/C14H27NO2/c1-4-14(16)17-12-10-8-6-7-9-11-13(3)15-5-2/h4,13,15H,1,5-12H2,2-3H3. The molecule has 0 aromatic heterocycles. The molecule has 3 heteroatoms. The first kappa shape index (κ1) is 16.2. The average molecular weight is 241 g/mol. The molecule has 0 spiro atoms. The zero-order valence-electron chi connectivity index (χ0n) is 11.3. The predicted octanol–water partition coefficient (Wildman–Crippen LogP) is 3.05. The van der Waals surface area contributed by atoms with E-state index in [1.54, 1.807) is 0 Å². The van der Waals surface area contributed by atoms with Crippen molar-refractivity contribution in [2.75, 3.05) is 13.2 Å². The molecule has 1 atom stereocenters. The van der Waals surface area contributed by atoms with Crippen LogP contribution in [0.5, 0.6) is 0 Å². The van der Waals surface area contributed by atoms with Crippen molar-refractivity contribution in [3.8, 4) is 0 Å². The molecule has 1 N–H and O–H groups in total. The van der Waals surface area contributed by atoms with Gasteiger partial charge in [0.15, 0.2) is 0 Å². The zero-order chi connectivity index (χ0) is 12.9. The summed E-state index contributed by atoms with van der Waals surface area (Å²) < 4.78 is 4.90. The van der Waals surface area contributed by atoms with E-state index < -0.39 is 0 Å². The van der Waals surface area contributed by atoms with Crippen molar-refractivity contribution in [3.63, 3.8) is 0 Å². The van der Waals surface area contributed by atoms with Gasteiger partial charge in [0, 0.05) is 12.1 Å². The number of hydrogen-bond donors (Lipinski definition) is 1. The lowest BCUT2D eigenvalue weighted by Gasteiger charge is -2.11. The van der Waals surface area contributed by atoms with Gasteiger partial charge < -0.3 is 10.1 Å². The molecule has 0 saturated heterocycles. The minimum absolute atomic E-state index is 0.315. The molecule has 0 aliphatic heterocycles. The lowest BCUT2D eigenvalue weighted by Crippen LogP contribution is -2.25. The second-order valence-corrected chi connectivity index (χ2v) is 4.39. The van der Waals surface area contributed by atoms with Crippen LogP contribution in [0, 0.1) is 0 Å². The molecule has 0 aromatic carbocycles. The molecule has 0 aliphatic carbocycles. The minimum atomic E-state index is -0.315. The summed E-state index contributed by atoms with van der Waals surface area (Å²) in [5.41, 5.74) is 0. The van der Waals surface area contributed by atoms with Gasteiger partial charge in [-0.15, -0.1) is 0 Å². The highest BCUT2D eigenvalue weighted by atomic mass is 16.5. The Bertz CT molecular complexity index is 204. The molecule has 0 rings (SSSR count). The van der Waals surface area contributed by atoms with Crippen LogP contribution in [0.1, 0.15) is 52.4 Å². The number of carbonyl (C=O) groups excluding carboxylic acids is 1. The summed E-state index contributed by atoms with van der Waals surface area (Å²) in [6.07, 6.45) is 8.33. The maximum absolute atomic E-state index is 10.7. The average Bonchev–Trinajstić information content (AvgIpc) is 2.32. The smallest absolute Gasteiger partial charge is 0.330 e. The van der Waals surface area contributed by atoms with E-state index in [1.165, 1.54) is 31.8 Å². The molecule has 0 fully saturated rings. The number of nitrogens with one attached hydrogen (secondary N) is 1. The molecule has 0 bridgehead atoms. The van der Waals surface area contributed by atoms with Crippen LogP contribution in [0.3, 0.4) is 0 Å². The summed E-state index contributed by atoms with van der Waals surface area (Å²) in [6, 6.07) is 0.633. The zero-order valence-corrected chi connectivity index (χ0v) is 11.3. The summed E-state index contributed by atoms with van der Waals surface area (Å²) in [4.78, 5) is 10.7. The quantitative estimate of drug-likeness (QED) is 0.343. The molecule has 0 aliphatic rings. The van der Waals surface area contributed by atoms with Gasteiger partial charge in [0.25, 0.3) is 0 Å². The third-order valence-corrected chi connectivity index (χ3v) is 2.75. The van der Waals surface area contributed by atoms with Crippen LogP contribution in [0.4, 0.5) is 0 Å². The van der Waals surface area contributed by atoms with Crippen molar-refractivity contribution in [2.45, 2.75) is 58.4 Å². The van der Waals surface area contributed by atoms with Crippen LogP contribution in [-0.2, 0) is 9.53 Å². The van der Waals surface area contributed by atoms with E-state index in [2.05, 4.69) is 25.7 Å². The van der Waals surface area contributed by atoms with Gasteiger partial charge in [-0.05, 0) is 26.3 Å². The lowest BCUT2D eigenvalue weighted by molar-refractivity contribution is -0.137. The Morgan fingerprint density at radius 1 is 1.29 bits per heavy atom. The van der Waals surface area contributed by atoms with Crippen LogP contribution in [0.15, 0.2) is 12.7 Å². The molecule has 100 valence electrons. The molecular formula is C14H27NO2. The van der Waals surface area contributed by atoms with Crippen LogP contribution in [0.2, 0.25) is 0 Å². The first-order chi connectivity index (χ1) is 8.20. The van der Waals surface area contributed by atoms with Crippen molar-refractivity contribution >= 4 is 5.97 Å². The molecule has 1 unspecified atom stereocenters. The first-order valence-electron chi connectivity index (χ1n) is 6.73. The van der Waals surface area contributed by atoms with E-state index in [-0.39, 0.29) is 5.97 Å². The van der Waals surface area contributed by atoms with Crippen molar-refractivity contribution in [1.29, 1.82) is 0 Å². The minimum Gasteiger partial charge on any atom is -0.463 e. The fourth-order valence-electron chi connectivity index (χ4n) is 1.77. The highest BCUT2D eigenvalue weighted by Gasteiger charge is 1.99. The van der Waals surface area contributed by atoms with Gasteiger partial charge in [-0.2, -0.15) is 0 Å². The van der Waals surface area contributed by atoms with E-state index in [0.717, 1.165) is 19.4 Å². The van der Waals surface area contributed by atoms with Crippen LogP contribution >= 0.6 is 0 Å². The fraction of sp³-hybridized carbons (Fsp3) is 0.786. The van der Waals surface area contributed by atoms with Gasteiger partial charge in [0.2, 0.25) is 0 Å². The second-order valence-electron chi connectivity index (χ2n) is 4.39. The van der Waals surface area contributed by atoms with Crippen LogP contribution < -0.4 is 5.32 Å². The number of rotatable bonds is 11. The second kappa shape index (κ2) is 11.6. The molecule has 0 radical (unpaired) electrons. The van der Waals surface area contributed by atoms with E-state index in [9.17, 15) is 4.79 Å². The van der Waals surface area contributed by atoms with Gasteiger partial charge in [-0.25, -0.2) is 4.79 Å². The van der Waals surface area contributed by atoms with Crippen molar-refractivity contribution in [3.05, 3.63) is 12.7 Å². The highest BCUT2D eigenvalue weighted by Crippen LogP contribution is 2.07. The molecule has 0 aromatic rings. The van der Waals surface area contributed by atoms with E-state index in [0.29, 0.717) is 12.6 Å². The monoisotopic (exact) mass is 241 g/mol. The number of esters is 1. The van der Waals surface area contributed by atoms with Crippen LogP contribution in [0.25, 0.3) is 0 Å². The van der Waals surface area contributed by atoms with E-state index in [4.69, 9.17) is 4.74 Å². The van der Waals surface area contributed by atoms with Gasteiger partial charge >= 0.3 is 5.97 Å². The Balaban J connectivity index is 3.13. The van der Waals surface area contributed by atoms with E-state index >= 15 is 0 Å². The summed E-state index contributed by atoms with van der Waals surface area (Å²) >= 11 is 0. The summed E-state index contributed by atoms with van der Waals surface area (Å²) in [6.45, 7) is 9.30. The number of hydrogen-bond acceptors (Lipinski definition) is 3. The van der Waals surface area contributed by atoms with Crippen LogP contribution in [-0.4, -0.2) is 25.2 Å². The van der Waals surface area contributed by atoms with Gasteiger partial charge in [0.1, 0.15) is 0 Å². The SMILES string of the molecule is C=CC(=O)OCCCCCCCC(C)NCC. The highest BCUT2D eigenvalue weighted by molar-refractivity contribution is 5.81. The van der Waals surface area contributed by atoms with Crippen molar-refractivity contribution < 1.29 is 9.53 Å². The largest absolute Gasteiger partial charge is 0.463 e. The van der Waals surface area contributed by atoms with Crippen molar-refractivity contribution in [2.24, 2.45) is 0 Å². The van der Waals surface area contributed by atoms with Gasteiger partial charge in [-0.1, -0.05) is 39.2 Å². The summed E-state index contributed by atoms with van der Waals surface area (Å²) in [5, 5.41) is 3.41. The number of unbranched alkanes of at least 4 members (excludes halogenated alkanes) is 4. The Kier molecular flexibility index (Phi) is 11.1. The van der Waals surface area contributed by atoms with Crippen molar-refractivity contribution in [1.82, 2.24) is 5.32 Å². The molecule has 0 saturated carbocycles. The number of carbonyl (C=O) groups is 1. The normalized spacial score (nSPS) is 12.1. The fourth-order valence-corrected chi connectivity index (χ4v) is 1.77. The molecule has 17 heavy (non-hydrogen) atoms. The Morgan fingerprint density at radius 3 is 2.59 bits per heavy atom. The molecule has 0 heterocycles. The Morgan fingerprint density at radius 2 is 1.94 bits per heavy atom. The molecule has 0 amide bonds. The third-order valence-electron chi connectivity index (χ3n) is 2.75. The maximum Gasteiger partial charge on any atom is 0.330 e. The Labute approximate surface area is 106 Å². The first-order valence-corrected chi connectivity index (χ1v) is 6.73. The van der Waals surface area contributed by atoms with Gasteiger partial charge in [-0.3, -0.25) is 0 Å². The lowest BCUT2D eigenvalue weighted by atomic mass is 10.1. The third kappa shape index (κ3) is 11.4. The summed E-state index contributed by atoms with van der Waals surface area (Å²) in [7, 11) is 0. The predicted molar refractivity (Wildman–Crippen MR) is 72.0 cm³/mol. The van der Waals surface area contributed by atoms with Gasteiger partial charge in [0.05, 0.1) is 6.61 Å². The molecular weight excluding hydrogens is 214 g/mol. The number of ether oxygens (including phenoxy) is 1. The molecule has 3 nitrogen and oxygen atoms in total. The van der Waals surface area contributed by atoms with E-state index in [1.807, 2.05) is 0 Å². The summed E-state index contributed by atoms with van der Waals surface area (Å²) in [5.74, 6) is -0.315. The maximum atomic E-state index is 10.7.